The van der Waals surface area contributed by atoms with E-state index in [4.69, 9.17) is 9.73 Å². The number of carbonyl (C=O) groups excluding carboxylic acids is 1. The molecule has 2 N–H and O–H groups in total. The molecule has 0 aromatic carbocycles. The van der Waals surface area contributed by atoms with Gasteiger partial charge in [-0.05, 0) is 58.9 Å². The number of hydrogen-bond donors (Lipinski definition) is 2. The maximum Gasteiger partial charge on any atom is 0.350 e. The van der Waals surface area contributed by atoms with E-state index >= 15 is 0 Å². The Morgan fingerprint density at radius 3 is 2.80 bits per heavy atom. The van der Waals surface area contributed by atoms with Gasteiger partial charge in [0.05, 0.1) is 18.3 Å². The van der Waals surface area contributed by atoms with E-state index in [1.807, 2.05) is 20.8 Å². The summed E-state index contributed by atoms with van der Waals surface area (Å²) in [5.41, 5.74) is 0.719. The van der Waals surface area contributed by atoms with Gasteiger partial charge in [0, 0.05) is 26.2 Å². The number of rotatable bonds is 9. The van der Waals surface area contributed by atoms with Gasteiger partial charge in [-0.15, -0.1) is 11.3 Å². The zero-order valence-corrected chi connectivity index (χ0v) is 20.3. The predicted molar refractivity (Wildman–Crippen MR) is 124 cm³/mol. The van der Waals surface area contributed by atoms with E-state index in [1.165, 1.54) is 37.3 Å². The Hall–Kier alpha value is -1.67. The quantitative estimate of drug-likeness (QED) is 0.349. The number of thiazole rings is 1. The average Bonchev–Trinajstić information content (AvgIpc) is 3.08. The molecule has 1 aromatic rings. The van der Waals surface area contributed by atoms with E-state index in [0.717, 1.165) is 36.3 Å². The number of aromatic nitrogens is 1. The SMILES string of the molecule is CCNC(=NCC1CCCN(CC(C)C)C1)NC(C)c1nc(C)c(C(=O)OCC)s1. The molecule has 0 bridgehead atoms. The van der Waals surface area contributed by atoms with Gasteiger partial charge in [0.2, 0.25) is 0 Å². The topological polar surface area (TPSA) is 78.9 Å². The van der Waals surface area contributed by atoms with E-state index in [2.05, 4.69) is 41.3 Å². The van der Waals surface area contributed by atoms with Gasteiger partial charge in [0.25, 0.3) is 0 Å². The van der Waals surface area contributed by atoms with Gasteiger partial charge in [-0.25, -0.2) is 9.78 Å². The van der Waals surface area contributed by atoms with Crippen molar-refractivity contribution in [3.8, 4) is 0 Å². The molecule has 170 valence electrons. The minimum atomic E-state index is -0.297. The molecule has 0 amide bonds. The van der Waals surface area contributed by atoms with Crippen LogP contribution in [0.5, 0.6) is 0 Å². The molecule has 2 atom stereocenters. The highest BCUT2D eigenvalue weighted by Crippen LogP contribution is 2.24. The summed E-state index contributed by atoms with van der Waals surface area (Å²) >= 11 is 1.39. The molecule has 8 heteroatoms. The lowest BCUT2D eigenvalue weighted by molar-refractivity contribution is 0.0531. The predicted octanol–water partition coefficient (Wildman–Crippen LogP) is 3.61. The van der Waals surface area contributed by atoms with Gasteiger partial charge in [0.1, 0.15) is 9.88 Å². The molecule has 1 saturated heterocycles. The second kappa shape index (κ2) is 12.2. The highest BCUT2D eigenvalue weighted by atomic mass is 32.1. The zero-order valence-electron chi connectivity index (χ0n) is 19.5. The molecule has 0 spiro atoms. The average molecular weight is 438 g/mol. The van der Waals surface area contributed by atoms with E-state index in [9.17, 15) is 4.79 Å². The molecule has 0 aliphatic carbocycles. The Labute approximate surface area is 185 Å². The Kier molecular flexibility index (Phi) is 10.0. The van der Waals surface area contributed by atoms with Crippen LogP contribution in [0.15, 0.2) is 4.99 Å². The highest BCUT2D eigenvalue weighted by molar-refractivity contribution is 7.13. The molecular weight excluding hydrogens is 398 g/mol. The van der Waals surface area contributed by atoms with Crippen molar-refractivity contribution in [2.75, 3.05) is 39.3 Å². The first-order chi connectivity index (χ1) is 14.3. The Morgan fingerprint density at radius 1 is 1.37 bits per heavy atom. The maximum atomic E-state index is 12.1. The maximum absolute atomic E-state index is 12.1. The molecule has 1 aromatic heterocycles. The minimum Gasteiger partial charge on any atom is -0.462 e. The zero-order chi connectivity index (χ0) is 22.1. The molecule has 0 saturated carbocycles. The first-order valence-corrected chi connectivity index (χ1v) is 12.1. The third-order valence-corrected chi connectivity index (χ3v) is 6.40. The van der Waals surface area contributed by atoms with Crippen LogP contribution in [0.25, 0.3) is 0 Å². The monoisotopic (exact) mass is 437 g/mol. The number of likely N-dealkylation sites (tertiary alicyclic amines) is 1. The Morgan fingerprint density at radius 2 is 2.13 bits per heavy atom. The summed E-state index contributed by atoms with van der Waals surface area (Å²) in [4.78, 5) is 24.7. The van der Waals surface area contributed by atoms with E-state index in [1.54, 1.807) is 0 Å². The first-order valence-electron chi connectivity index (χ1n) is 11.3. The molecule has 2 unspecified atom stereocenters. The summed E-state index contributed by atoms with van der Waals surface area (Å²) in [7, 11) is 0. The summed E-state index contributed by atoms with van der Waals surface area (Å²) < 4.78 is 5.13. The van der Waals surface area contributed by atoms with E-state index in [0.29, 0.717) is 23.3 Å². The minimum absolute atomic E-state index is 0.0431. The van der Waals surface area contributed by atoms with Crippen LogP contribution < -0.4 is 10.6 Å². The fraction of sp³-hybridized carbons (Fsp3) is 0.773. The number of aryl methyl sites for hydroxylation is 1. The van der Waals surface area contributed by atoms with Crippen molar-refractivity contribution in [3.05, 3.63) is 15.6 Å². The molecule has 1 fully saturated rings. The van der Waals surface area contributed by atoms with Crippen molar-refractivity contribution in [1.29, 1.82) is 0 Å². The summed E-state index contributed by atoms with van der Waals surface area (Å²) in [6, 6.07) is -0.0431. The fourth-order valence-electron chi connectivity index (χ4n) is 3.78. The van der Waals surface area contributed by atoms with E-state index < -0.39 is 0 Å². The van der Waals surface area contributed by atoms with Gasteiger partial charge in [-0.1, -0.05) is 13.8 Å². The first kappa shape index (κ1) is 24.6. The number of carbonyl (C=O) groups is 1. The van der Waals surface area contributed by atoms with Crippen molar-refractivity contribution in [1.82, 2.24) is 20.5 Å². The molecule has 7 nitrogen and oxygen atoms in total. The van der Waals surface area contributed by atoms with E-state index in [-0.39, 0.29) is 12.0 Å². The second-order valence-electron chi connectivity index (χ2n) is 8.43. The lowest BCUT2D eigenvalue weighted by Crippen LogP contribution is -2.41. The van der Waals surface area contributed by atoms with Crippen LogP contribution >= 0.6 is 11.3 Å². The number of esters is 1. The lowest BCUT2D eigenvalue weighted by Gasteiger charge is -2.33. The molecule has 1 aliphatic heterocycles. The van der Waals surface area contributed by atoms with Crippen LogP contribution in [-0.4, -0.2) is 61.1 Å². The number of ether oxygens (including phenoxy) is 1. The standard InChI is InChI=1S/C22H39N5O2S/c1-7-23-22(24-12-18-10-9-11-27(14-18)13-15(3)4)26-17(6)20-25-16(5)19(30-20)21(28)29-8-2/h15,17-18H,7-14H2,1-6H3,(H2,23,24,26). The summed E-state index contributed by atoms with van der Waals surface area (Å²) in [6.45, 7) is 17.8. The largest absolute Gasteiger partial charge is 0.462 e. The van der Waals surface area contributed by atoms with Crippen LogP contribution in [0.1, 0.15) is 73.9 Å². The van der Waals surface area contributed by atoms with Gasteiger partial charge in [-0.3, -0.25) is 4.99 Å². The third kappa shape index (κ3) is 7.54. The fourth-order valence-corrected chi connectivity index (χ4v) is 4.74. The highest BCUT2D eigenvalue weighted by Gasteiger charge is 2.22. The summed E-state index contributed by atoms with van der Waals surface area (Å²) in [6.07, 6.45) is 2.49. The Bertz CT molecular complexity index is 704. The van der Waals surface area contributed by atoms with Gasteiger partial charge in [0.15, 0.2) is 5.96 Å². The lowest BCUT2D eigenvalue weighted by atomic mass is 9.97. The second-order valence-corrected chi connectivity index (χ2v) is 9.47. The number of nitrogens with one attached hydrogen (secondary N) is 2. The van der Waals surface area contributed by atoms with Crippen LogP contribution in [0, 0.1) is 18.8 Å². The van der Waals surface area contributed by atoms with Crippen LogP contribution in [0.4, 0.5) is 0 Å². The molecule has 2 rings (SSSR count). The summed E-state index contributed by atoms with van der Waals surface area (Å²) in [5.74, 6) is 1.81. The summed E-state index contributed by atoms with van der Waals surface area (Å²) in [5, 5.41) is 7.65. The van der Waals surface area contributed by atoms with Gasteiger partial charge >= 0.3 is 5.97 Å². The molecule has 30 heavy (non-hydrogen) atoms. The molecule has 0 radical (unpaired) electrons. The van der Waals surface area contributed by atoms with Crippen molar-refractivity contribution < 1.29 is 9.53 Å². The van der Waals surface area contributed by atoms with Gasteiger partial charge in [-0.2, -0.15) is 0 Å². The molecule has 1 aliphatic rings. The number of nitrogens with zero attached hydrogens (tertiary/aromatic N) is 3. The van der Waals surface area contributed by atoms with Crippen molar-refractivity contribution in [3.63, 3.8) is 0 Å². The van der Waals surface area contributed by atoms with Crippen molar-refractivity contribution >= 4 is 23.3 Å². The number of hydrogen-bond acceptors (Lipinski definition) is 6. The van der Waals surface area contributed by atoms with Crippen LogP contribution in [0.2, 0.25) is 0 Å². The molecule has 2 heterocycles. The van der Waals surface area contributed by atoms with Gasteiger partial charge < -0.3 is 20.3 Å². The van der Waals surface area contributed by atoms with Crippen LogP contribution in [-0.2, 0) is 4.74 Å². The number of piperidine rings is 1. The van der Waals surface area contributed by atoms with Crippen molar-refractivity contribution in [2.45, 2.75) is 60.4 Å². The number of guanidine groups is 1. The normalized spacial score (nSPS) is 19.0. The van der Waals surface area contributed by atoms with Crippen LogP contribution in [0.3, 0.4) is 0 Å². The Balaban J connectivity index is 1.99. The third-order valence-electron chi connectivity index (χ3n) is 5.08. The smallest absolute Gasteiger partial charge is 0.350 e. The molecular formula is C22H39N5O2S. The van der Waals surface area contributed by atoms with Crippen molar-refractivity contribution in [2.24, 2.45) is 16.8 Å². The number of aliphatic imine (C=N–C) groups is 1.